The lowest BCUT2D eigenvalue weighted by atomic mass is 9.99. The van der Waals surface area contributed by atoms with E-state index in [0.717, 1.165) is 10.9 Å². The number of nitrogens with zero attached hydrogens (tertiary/aromatic N) is 4. The molecule has 6 nitrogen and oxygen atoms in total. The summed E-state index contributed by atoms with van der Waals surface area (Å²) in [7, 11) is 1.91. The van der Waals surface area contributed by atoms with Crippen LogP contribution in [-0.4, -0.2) is 26.3 Å². The number of rotatable bonds is 3. The molecule has 0 amide bonds. The van der Waals surface area contributed by atoms with Crippen molar-refractivity contribution in [3.05, 3.63) is 54.4 Å². The Bertz CT molecular complexity index is 1220. The van der Waals surface area contributed by atoms with Crippen LogP contribution in [-0.2, 0) is 7.05 Å². The zero-order valence-corrected chi connectivity index (χ0v) is 14.4. The van der Waals surface area contributed by atoms with Crippen LogP contribution < -0.4 is 4.74 Å². The second kappa shape index (κ2) is 6.42. The van der Waals surface area contributed by atoms with Crippen molar-refractivity contribution >= 4 is 10.9 Å². The summed E-state index contributed by atoms with van der Waals surface area (Å²) in [6.45, 7) is 0. The molecule has 0 fully saturated rings. The molecule has 140 valence electrons. The molecule has 2 aromatic carbocycles. The maximum absolute atomic E-state index is 12.8. The van der Waals surface area contributed by atoms with Crippen molar-refractivity contribution in [1.82, 2.24) is 20.0 Å². The Kier molecular flexibility index (Phi) is 4.04. The Hall–Kier alpha value is -3.80. The van der Waals surface area contributed by atoms with E-state index in [0.29, 0.717) is 11.1 Å². The monoisotopic (exact) mass is 383 g/mol. The molecule has 0 atom stereocenters. The van der Waals surface area contributed by atoms with Gasteiger partial charge < -0.3 is 9.30 Å². The number of hydrogen-bond acceptors (Lipinski definition) is 4. The Morgan fingerprint density at radius 3 is 2.61 bits per heavy atom. The molecule has 1 N–H and O–H groups in total. The molecule has 0 bridgehead atoms. The van der Waals surface area contributed by atoms with E-state index in [9.17, 15) is 13.2 Å². The zero-order valence-electron chi connectivity index (χ0n) is 14.4. The van der Waals surface area contributed by atoms with Gasteiger partial charge in [0.15, 0.2) is 5.69 Å². The van der Waals surface area contributed by atoms with Gasteiger partial charge in [-0.05, 0) is 47.5 Å². The molecule has 0 aliphatic heterocycles. The Labute approximate surface area is 156 Å². The summed E-state index contributed by atoms with van der Waals surface area (Å²) >= 11 is 0. The summed E-state index contributed by atoms with van der Waals surface area (Å²) in [6.07, 6.45) is -2.95. The van der Waals surface area contributed by atoms with E-state index in [2.05, 4.69) is 20.1 Å². The fourth-order valence-corrected chi connectivity index (χ4v) is 3.06. The zero-order chi connectivity index (χ0) is 19.9. The highest BCUT2D eigenvalue weighted by atomic mass is 19.4. The molecule has 4 aromatic rings. The summed E-state index contributed by atoms with van der Waals surface area (Å²) in [5.41, 5.74) is 2.68. The number of halogens is 3. The van der Waals surface area contributed by atoms with E-state index in [1.54, 1.807) is 6.07 Å². The van der Waals surface area contributed by atoms with Crippen LogP contribution in [0.4, 0.5) is 13.2 Å². The van der Waals surface area contributed by atoms with Gasteiger partial charge in [-0.2, -0.15) is 5.26 Å². The molecule has 0 unspecified atom stereocenters. The van der Waals surface area contributed by atoms with Gasteiger partial charge in [-0.15, -0.1) is 18.3 Å². The van der Waals surface area contributed by atoms with Gasteiger partial charge in [-0.1, -0.05) is 11.3 Å². The fourth-order valence-electron chi connectivity index (χ4n) is 3.06. The van der Waals surface area contributed by atoms with E-state index in [4.69, 9.17) is 5.26 Å². The van der Waals surface area contributed by atoms with E-state index in [1.807, 2.05) is 48.1 Å². The minimum atomic E-state index is -4.85. The number of fused-ring (bicyclic) bond motifs is 1. The maximum Gasteiger partial charge on any atom is 0.573 e. The van der Waals surface area contributed by atoms with Crippen LogP contribution in [0.2, 0.25) is 0 Å². The number of hydrogen-bond donors (Lipinski definition) is 1. The number of aryl methyl sites for hydroxylation is 1. The molecule has 0 spiro atoms. The lowest BCUT2D eigenvalue weighted by Crippen LogP contribution is -2.17. The van der Waals surface area contributed by atoms with Crippen LogP contribution in [0.1, 0.15) is 5.69 Å². The minimum absolute atomic E-state index is 0.0496. The molecule has 4 rings (SSSR count). The van der Waals surface area contributed by atoms with E-state index in [-0.39, 0.29) is 17.0 Å². The summed E-state index contributed by atoms with van der Waals surface area (Å²) in [5, 5.41) is 19.9. The first-order valence-corrected chi connectivity index (χ1v) is 8.12. The third kappa shape index (κ3) is 3.27. The molecule has 0 radical (unpaired) electrons. The van der Waals surface area contributed by atoms with Crippen LogP contribution in [0, 0.1) is 11.3 Å². The number of aromatic amines is 1. The van der Waals surface area contributed by atoms with Crippen LogP contribution in [0.3, 0.4) is 0 Å². The SMILES string of the molecule is Cn1ccc2cc(-c3cc(OC(F)(F)F)cc(-c4nn[nH]c4C#N)c3)ccc21. The smallest absolute Gasteiger partial charge is 0.406 e. The van der Waals surface area contributed by atoms with Crippen molar-refractivity contribution < 1.29 is 17.9 Å². The van der Waals surface area contributed by atoms with Crippen molar-refractivity contribution in [2.75, 3.05) is 0 Å². The quantitative estimate of drug-likeness (QED) is 0.569. The number of alkyl halides is 3. The molecule has 0 saturated heterocycles. The molecule has 28 heavy (non-hydrogen) atoms. The van der Waals surface area contributed by atoms with Crippen molar-refractivity contribution in [1.29, 1.82) is 5.26 Å². The Balaban J connectivity index is 1.88. The van der Waals surface area contributed by atoms with Gasteiger partial charge in [0.05, 0.1) is 0 Å². The molecule has 0 aliphatic carbocycles. The average molecular weight is 383 g/mol. The van der Waals surface area contributed by atoms with Gasteiger partial charge in [0, 0.05) is 29.7 Å². The van der Waals surface area contributed by atoms with Gasteiger partial charge >= 0.3 is 6.36 Å². The lowest BCUT2D eigenvalue weighted by Gasteiger charge is -2.12. The largest absolute Gasteiger partial charge is 0.573 e. The first kappa shape index (κ1) is 17.6. The second-order valence-corrected chi connectivity index (χ2v) is 6.14. The number of benzene rings is 2. The number of aromatic nitrogens is 4. The van der Waals surface area contributed by atoms with Crippen LogP contribution in [0.5, 0.6) is 5.75 Å². The first-order valence-electron chi connectivity index (χ1n) is 8.12. The van der Waals surface area contributed by atoms with Crippen LogP contribution in [0.25, 0.3) is 33.3 Å². The standard InChI is InChI=1S/C19H12F3N5O/c1-27-5-4-12-6-11(2-3-17(12)27)13-7-14(18-16(10-23)24-26-25-18)9-15(8-13)28-19(20,21)22/h2-9H,1H3,(H,24,25,26). The topological polar surface area (TPSA) is 79.5 Å². The third-order valence-corrected chi connectivity index (χ3v) is 4.29. The Morgan fingerprint density at radius 1 is 1.07 bits per heavy atom. The number of ether oxygens (including phenoxy) is 1. The predicted molar refractivity (Wildman–Crippen MR) is 95.1 cm³/mol. The summed E-state index contributed by atoms with van der Waals surface area (Å²) in [4.78, 5) is 0. The predicted octanol–water partition coefficient (Wildman–Crippen LogP) is 4.40. The normalized spacial score (nSPS) is 11.5. The molecular weight excluding hydrogens is 371 g/mol. The van der Waals surface area contributed by atoms with Crippen LogP contribution in [0.15, 0.2) is 48.7 Å². The fraction of sp³-hybridized carbons (Fsp3) is 0.105. The lowest BCUT2D eigenvalue weighted by molar-refractivity contribution is -0.274. The highest BCUT2D eigenvalue weighted by Gasteiger charge is 2.31. The highest BCUT2D eigenvalue weighted by Crippen LogP contribution is 2.35. The van der Waals surface area contributed by atoms with Gasteiger partial charge in [0.25, 0.3) is 0 Å². The molecular formula is C19H12F3N5O. The number of nitrogens with one attached hydrogen (secondary N) is 1. The second-order valence-electron chi connectivity index (χ2n) is 6.14. The van der Waals surface area contributed by atoms with Crippen molar-refractivity contribution in [2.45, 2.75) is 6.36 Å². The summed E-state index contributed by atoms with van der Waals surface area (Å²) < 4.78 is 44.5. The molecule has 0 saturated carbocycles. The summed E-state index contributed by atoms with van der Waals surface area (Å²) in [6, 6.07) is 13.5. The van der Waals surface area contributed by atoms with E-state index >= 15 is 0 Å². The third-order valence-electron chi connectivity index (χ3n) is 4.29. The molecule has 2 aromatic heterocycles. The summed E-state index contributed by atoms with van der Waals surface area (Å²) in [5.74, 6) is -0.403. The molecule has 2 heterocycles. The number of H-pyrrole nitrogens is 1. The molecule has 0 aliphatic rings. The average Bonchev–Trinajstić information content (AvgIpc) is 3.26. The molecule has 9 heteroatoms. The van der Waals surface area contributed by atoms with Gasteiger partial charge in [0.2, 0.25) is 0 Å². The minimum Gasteiger partial charge on any atom is -0.406 e. The van der Waals surface area contributed by atoms with Gasteiger partial charge in [0.1, 0.15) is 17.5 Å². The van der Waals surface area contributed by atoms with Gasteiger partial charge in [-0.25, -0.2) is 5.10 Å². The number of nitriles is 1. The first-order chi connectivity index (χ1) is 13.3. The van der Waals surface area contributed by atoms with E-state index in [1.165, 1.54) is 12.1 Å². The van der Waals surface area contributed by atoms with Crippen LogP contribution >= 0.6 is 0 Å². The van der Waals surface area contributed by atoms with E-state index < -0.39 is 12.1 Å². The maximum atomic E-state index is 12.8. The van der Waals surface area contributed by atoms with Crippen molar-refractivity contribution in [3.63, 3.8) is 0 Å². The Morgan fingerprint density at radius 2 is 1.86 bits per heavy atom. The van der Waals surface area contributed by atoms with Crippen molar-refractivity contribution in [3.8, 4) is 34.2 Å². The highest BCUT2D eigenvalue weighted by molar-refractivity contribution is 5.86. The van der Waals surface area contributed by atoms with Crippen molar-refractivity contribution in [2.24, 2.45) is 7.05 Å². The van der Waals surface area contributed by atoms with Gasteiger partial charge in [-0.3, -0.25) is 0 Å².